The third-order valence-electron chi connectivity index (χ3n) is 7.56. The zero-order valence-electron chi connectivity index (χ0n) is 18.7. The first-order chi connectivity index (χ1) is 15.9. The third-order valence-corrected chi connectivity index (χ3v) is 9.47. The van der Waals surface area contributed by atoms with Gasteiger partial charge in [-0.15, -0.1) is 0 Å². The van der Waals surface area contributed by atoms with Gasteiger partial charge in [0, 0.05) is 36.8 Å². The molecule has 174 valence electrons. The molecule has 8 heteroatoms. The highest BCUT2D eigenvalue weighted by molar-refractivity contribution is 7.89. The highest BCUT2D eigenvalue weighted by atomic mass is 32.2. The molecule has 7 nitrogen and oxygen atoms in total. The van der Waals surface area contributed by atoms with E-state index in [2.05, 4.69) is 17.5 Å². The minimum Gasteiger partial charge on any atom is -0.378 e. The summed E-state index contributed by atoms with van der Waals surface area (Å²) in [5.74, 6) is 0.338. The summed E-state index contributed by atoms with van der Waals surface area (Å²) in [5.41, 5.74) is 3.00. The minimum atomic E-state index is -3.56. The highest BCUT2D eigenvalue weighted by Gasteiger charge is 2.39. The maximum Gasteiger partial charge on any atom is 0.269 e. The summed E-state index contributed by atoms with van der Waals surface area (Å²) in [6, 6.07) is 12.2. The summed E-state index contributed by atoms with van der Waals surface area (Å²) in [6.07, 6.45) is 10.4. The van der Waals surface area contributed by atoms with E-state index >= 15 is 0 Å². The number of nitro groups is 1. The lowest BCUT2D eigenvalue weighted by Gasteiger charge is -2.38. The zero-order valence-corrected chi connectivity index (χ0v) is 19.5. The Morgan fingerprint density at radius 3 is 2.48 bits per heavy atom. The molecule has 0 aromatic heterocycles. The summed E-state index contributed by atoms with van der Waals surface area (Å²) in [5, 5.41) is 14.6. The Morgan fingerprint density at radius 2 is 1.79 bits per heavy atom. The quantitative estimate of drug-likeness (QED) is 0.362. The van der Waals surface area contributed by atoms with Crippen LogP contribution < -0.4 is 5.32 Å². The van der Waals surface area contributed by atoms with Crippen molar-refractivity contribution in [3.8, 4) is 0 Å². The molecule has 3 aliphatic rings. The number of nitro benzene ring substituents is 1. The molecule has 1 fully saturated rings. The van der Waals surface area contributed by atoms with Gasteiger partial charge >= 0.3 is 0 Å². The van der Waals surface area contributed by atoms with Gasteiger partial charge in [-0.2, -0.15) is 4.31 Å². The van der Waals surface area contributed by atoms with Crippen molar-refractivity contribution in [1.82, 2.24) is 4.31 Å². The average Bonchev–Trinajstić information content (AvgIpc) is 3.33. The van der Waals surface area contributed by atoms with E-state index in [1.807, 2.05) is 24.3 Å². The van der Waals surface area contributed by atoms with E-state index in [0.29, 0.717) is 4.90 Å². The summed E-state index contributed by atoms with van der Waals surface area (Å²) < 4.78 is 28.4. The van der Waals surface area contributed by atoms with Crippen LogP contribution in [-0.4, -0.2) is 30.7 Å². The van der Waals surface area contributed by atoms with Crippen LogP contribution in [-0.2, 0) is 10.0 Å². The normalized spacial score (nSPS) is 24.8. The van der Waals surface area contributed by atoms with Crippen LogP contribution in [0.15, 0.2) is 59.5 Å². The van der Waals surface area contributed by atoms with Crippen LogP contribution >= 0.6 is 0 Å². The van der Waals surface area contributed by atoms with Crippen LogP contribution in [0.4, 0.5) is 11.4 Å². The fourth-order valence-electron chi connectivity index (χ4n) is 5.67. The number of rotatable bonds is 5. The summed E-state index contributed by atoms with van der Waals surface area (Å²) >= 11 is 0. The van der Waals surface area contributed by atoms with Crippen molar-refractivity contribution in [3.63, 3.8) is 0 Å². The smallest absolute Gasteiger partial charge is 0.269 e. The van der Waals surface area contributed by atoms with Crippen molar-refractivity contribution in [3.05, 3.63) is 75.9 Å². The van der Waals surface area contributed by atoms with E-state index in [1.165, 1.54) is 6.42 Å². The van der Waals surface area contributed by atoms with Crippen molar-refractivity contribution in [2.75, 3.05) is 12.4 Å². The number of fused-ring (bicyclic) bond motifs is 3. The van der Waals surface area contributed by atoms with Gasteiger partial charge in [0.1, 0.15) is 0 Å². The molecule has 1 saturated carbocycles. The van der Waals surface area contributed by atoms with Crippen LogP contribution in [0.1, 0.15) is 61.6 Å². The van der Waals surface area contributed by atoms with Crippen molar-refractivity contribution in [2.24, 2.45) is 5.92 Å². The Bertz CT molecular complexity index is 1190. The van der Waals surface area contributed by atoms with Gasteiger partial charge in [0.25, 0.3) is 5.69 Å². The molecule has 0 saturated heterocycles. The van der Waals surface area contributed by atoms with Crippen molar-refractivity contribution in [2.45, 2.75) is 61.4 Å². The Morgan fingerprint density at radius 1 is 1.06 bits per heavy atom. The highest BCUT2D eigenvalue weighted by Crippen LogP contribution is 2.50. The van der Waals surface area contributed by atoms with E-state index in [0.717, 1.165) is 48.9 Å². The van der Waals surface area contributed by atoms with Crippen LogP contribution in [0.25, 0.3) is 0 Å². The Balaban J connectivity index is 1.46. The lowest BCUT2D eigenvalue weighted by atomic mass is 9.77. The van der Waals surface area contributed by atoms with E-state index in [4.69, 9.17) is 0 Å². The molecule has 1 aliphatic heterocycles. The second-order valence-corrected chi connectivity index (χ2v) is 11.4. The van der Waals surface area contributed by atoms with Crippen molar-refractivity contribution < 1.29 is 13.3 Å². The van der Waals surface area contributed by atoms with Gasteiger partial charge in [-0.05, 0) is 54.5 Å². The first-order valence-electron chi connectivity index (χ1n) is 11.7. The number of non-ortho nitro benzene ring substituents is 1. The molecule has 2 aromatic rings. The fourth-order valence-corrected chi connectivity index (χ4v) is 7.13. The maximum absolute atomic E-state index is 13.4. The Hall–Kier alpha value is -2.71. The molecule has 1 N–H and O–H groups in total. The molecule has 3 unspecified atom stereocenters. The first kappa shape index (κ1) is 22.1. The van der Waals surface area contributed by atoms with Gasteiger partial charge in [0.05, 0.1) is 15.9 Å². The largest absolute Gasteiger partial charge is 0.378 e. The number of hydrogen-bond acceptors (Lipinski definition) is 5. The third kappa shape index (κ3) is 3.95. The molecular weight excluding hydrogens is 438 g/mol. The number of benzene rings is 2. The van der Waals surface area contributed by atoms with Crippen LogP contribution in [0, 0.1) is 16.0 Å². The van der Waals surface area contributed by atoms with Gasteiger partial charge in [-0.3, -0.25) is 10.1 Å². The van der Waals surface area contributed by atoms with Crippen LogP contribution in [0.5, 0.6) is 0 Å². The second-order valence-electron chi connectivity index (χ2n) is 9.39. The molecule has 0 amide bonds. The fraction of sp³-hybridized carbons (Fsp3) is 0.440. The number of nitrogens with one attached hydrogen (secondary N) is 1. The maximum atomic E-state index is 13.4. The van der Waals surface area contributed by atoms with E-state index in [9.17, 15) is 18.5 Å². The molecular formula is C25H29N3O4S. The summed E-state index contributed by atoms with van der Waals surface area (Å²) in [6.45, 7) is 0. The lowest BCUT2D eigenvalue weighted by molar-refractivity contribution is -0.384. The molecule has 0 spiro atoms. The SMILES string of the molecule is CN(C1CCCCC1)S(=O)(=O)c1ccc2c(c1)C1C=CCC1C(c1ccc([N+](=O)[O-])cc1)N2. The Labute approximate surface area is 194 Å². The first-order valence-corrected chi connectivity index (χ1v) is 13.1. The lowest BCUT2D eigenvalue weighted by Crippen LogP contribution is -2.38. The zero-order chi connectivity index (χ0) is 23.2. The van der Waals surface area contributed by atoms with Gasteiger partial charge in [0.15, 0.2) is 0 Å². The molecule has 1 heterocycles. The number of nitrogens with zero attached hydrogens (tertiary/aromatic N) is 2. The number of hydrogen-bond donors (Lipinski definition) is 1. The van der Waals surface area contributed by atoms with E-state index in [1.54, 1.807) is 29.6 Å². The topological polar surface area (TPSA) is 92.5 Å². The molecule has 33 heavy (non-hydrogen) atoms. The van der Waals surface area contributed by atoms with Gasteiger partial charge in [0.2, 0.25) is 10.0 Å². The average molecular weight is 468 g/mol. The molecule has 5 rings (SSSR count). The van der Waals surface area contributed by atoms with Crippen molar-refractivity contribution in [1.29, 1.82) is 0 Å². The number of allylic oxidation sites excluding steroid dienone is 2. The number of sulfonamides is 1. The monoisotopic (exact) mass is 467 g/mol. The van der Waals surface area contributed by atoms with Gasteiger partial charge < -0.3 is 5.32 Å². The molecule has 3 atom stereocenters. The number of anilines is 1. The van der Waals surface area contributed by atoms with Gasteiger partial charge in [-0.1, -0.05) is 43.5 Å². The van der Waals surface area contributed by atoms with E-state index in [-0.39, 0.29) is 34.5 Å². The Kier molecular flexibility index (Phi) is 5.74. The molecule has 2 aliphatic carbocycles. The van der Waals surface area contributed by atoms with E-state index < -0.39 is 10.0 Å². The summed E-state index contributed by atoms with van der Waals surface area (Å²) in [4.78, 5) is 11.0. The van der Waals surface area contributed by atoms with Crippen molar-refractivity contribution >= 4 is 21.4 Å². The predicted molar refractivity (Wildman–Crippen MR) is 128 cm³/mol. The summed E-state index contributed by atoms with van der Waals surface area (Å²) in [7, 11) is -1.85. The van der Waals surface area contributed by atoms with Crippen LogP contribution in [0.3, 0.4) is 0 Å². The van der Waals surface area contributed by atoms with Gasteiger partial charge in [-0.25, -0.2) is 8.42 Å². The predicted octanol–water partition coefficient (Wildman–Crippen LogP) is 5.37. The van der Waals surface area contributed by atoms with Crippen LogP contribution in [0.2, 0.25) is 0 Å². The minimum absolute atomic E-state index is 0.00525. The molecule has 0 bridgehead atoms. The molecule has 2 aromatic carbocycles. The second kappa shape index (κ2) is 8.57. The standard InChI is InChI=1S/C25H29N3O4S/c1-27(18-6-3-2-4-7-18)33(31,32)20-14-15-24-23(16-20)21-8-5-9-22(21)25(26-24)17-10-12-19(13-11-17)28(29)30/h5,8,10-16,18,21-22,25-26H,2-4,6-7,9H2,1H3. The molecule has 0 radical (unpaired) electrons.